The van der Waals surface area contributed by atoms with E-state index in [1.54, 1.807) is 24.3 Å². The van der Waals surface area contributed by atoms with Gasteiger partial charge in [0.2, 0.25) is 5.75 Å². The van der Waals surface area contributed by atoms with Crippen molar-refractivity contribution in [1.29, 1.82) is 0 Å². The summed E-state index contributed by atoms with van der Waals surface area (Å²) in [7, 11) is 2.73. The minimum absolute atomic E-state index is 0.0796. The average Bonchev–Trinajstić information content (AvgIpc) is 2.71. The van der Waals surface area contributed by atoms with Crippen LogP contribution in [0.25, 0.3) is 10.8 Å². The summed E-state index contributed by atoms with van der Waals surface area (Å²) in [5, 5.41) is 20.4. The number of hydrogen-bond donors (Lipinski definition) is 2. The number of carboxylic acid groups (broad SMARTS) is 1. The predicted octanol–water partition coefficient (Wildman–Crippen LogP) is 3.26. The Morgan fingerprint density at radius 2 is 1.57 bits per heavy atom. The molecule has 0 bridgehead atoms. The lowest BCUT2D eigenvalue weighted by Gasteiger charge is -2.14. The molecule has 2 N–H and O–H groups in total. The Hall–Kier alpha value is -3.74. The van der Waals surface area contributed by atoms with E-state index in [9.17, 15) is 14.7 Å². The van der Waals surface area contributed by atoms with Gasteiger partial charge < -0.3 is 24.4 Å². The topological polar surface area (TPSA) is 102 Å². The minimum Gasteiger partial charge on any atom is -0.502 e. The Morgan fingerprint density at radius 1 is 0.929 bits per heavy atom. The zero-order valence-electron chi connectivity index (χ0n) is 15.3. The number of aromatic hydroxyl groups is 1. The van der Waals surface area contributed by atoms with Gasteiger partial charge in [0.25, 0.3) is 0 Å². The number of carbonyl (C=O) groups is 2. The van der Waals surface area contributed by atoms with Crippen molar-refractivity contribution in [3.8, 4) is 23.0 Å². The number of phenols is 1. The second-order valence-corrected chi connectivity index (χ2v) is 5.90. The minimum atomic E-state index is -1.15. The molecule has 0 heterocycles. The predicted molar refractivity (Wildman–Crippen MR) is 102 cm³/mol. The highest BCUT2D eigenvalue weighted by Crippen LogP contribution is 2.39. The van der Waals surface area contributed by atoms with Crippen molar-refractivity contribution in [3.05, 3.63) is 59.7 Å². The van der Waals surface area contributed by atoms with E-state index in [1.165, 1.54) is 26.4 Å². The molecule has 0 aromatic heterocycles. The molecule has 0 unspecified atom stereocenters. The van der Waals surface area contributed by atoms with Gasteiger partial charge in [0.05, 0.1) is 19.8 Å². The van der Waals surface area contributed by atoms with Gasteiger partial charge >= 0.3 is 5.97 Å². The lowest BCUT2D eigenvalue weighted by molar-refractivity contribution is -0.139. The number of ketones is 1. The van der Waals surface area contributed by atoms with Crippen LogP contribution in [0.15, 0.2) is 48.5 Å². The number of fused-ring (bicyclic) bond motifs is 1. The number of hydrogen-bond acceptors (Lipinski definition) is 6. The molecule has 7 heteroatoms. The zero-order chi connectivity index (χ0) is 20.3. The number of aliphatic carboxylic acids is 1. The number of ether oxygens (including phenoxy) is 3. The van der Waals surface area contributed by atoms with Crippen LogP contribution in [-0.2, 0) is 4.79 Å². The number of carboxylic acids is 1. The van der Waals surface area contributed by atoms with E-state index in [0.29, 0.717) is 5.39 Å². The maximum Gasteiger partial charge on any atom is 0.341 e. The largest absolute Gasteiger partial charge is 0.502 e. The van der Waals surface area contributed by atoms with Gasteiger partial charge in [-0.2, -0.15) is 0 Å². The van der Waals surface area contributed by atoms with Crippen LogP contribution in [0.1, 0.15) is 15.9 Å². The quantitative estimate of drug-likeness (QED) is 0.605. The second-order valence-electron chi connectivity index (χ2n) is 5.90. The van der Waals surface area contributed by atoms with Crippen molar-refractivity contribution in [1.82, 2.24) is 0 Å². The molecule has 0 radical (unpaired) electrons. The van der Waals surface area contributed by atoms with Gasteiger partial charge in [0, 0.05) is 5.56 Å². The molecule has 3 aromatic carbocycles. The highest BCUT2D eigenvalue weighted by atomic mass is 16.5. The fourth-order valence-corrected chi connectivity index (χ4v) is 2.91. The normalized spacial score (nSPS) is 10.5. The van der Waals surface area contributed by atoms with E-state index in [1.807, 2.05) is 12.1 Å². The van der Waals surface area contributed by atoms with Crippen molar-refractivity contribution in [3.63, 3.8) is 0 Å². The van der Waals surface area contributed by atoms with Crippen molar-refractivity contribution in [2.75, 3.05) is 20.8 Å². The molecule has 0 amide bonds. The number of rotatable bonds is 7. The third kappa shape index (κ3) is 3.55. The van der Waals surface area contributed by atoms with Gasteiger partial charge in [-0.15, -0.1) is 0 Å². The van der Waals surface area contributed by atoms with Gasteiger partial charge in [-0.25, -0.2) is 4.79 Å². The summed E-state index contributed by atoms with van der Waals surface area (Å²) in [5.41, 5.74) is 0.414. The first kappa shape index (κ1) is 19.0. The van der Waals surface area contributed by atoms with Gasteiger partial charge in [-0.3, -0.25) is 4.79 Å². The van der Waals surface area contributed by atoms with Crippen LogP contribution < -0.4 is 14.2 Å². The van der Waals surface area contributed by atoms with E-state index in [2.05, 4.69) is 0 Å². The highest BCUT2D eigenvalue weighted by molar-refractivity contribution is 6.18. The maximum atomic E-state index is 13.4. The van der Waals surface area contributed by atoms with Gasteiger partial charge in [-0.1, -0.05) is 30.3 Å². The number of methoxy groups -OCH3 is 2. The Morgan fingerprint density at radius 3 is 2.18 bits per heavy atom. The summed E-state index contributed by atoms with van der Waals surface area (Å²) in [6.45, 7) is -0.582. The molecule has 3 rings (SSSR count). The molecule has 3 aromatic rings. The van der Waals surface area contributed by atoms with Crippen molar-refractivity contribution in [2.24, 2.45) is 0 Å². The molecule has 28 heavy (non-hydrogen) atoms. The van der Waals surface area contributed by atoms with E-state index in [0.717, 1.165) is 5.39 Å². The Bertz CT molecular complexity index is 1030. The van der Waals surface area contributed by atoms with Gasteiger partial charge in [-0.05, 0) is 29.0 Å². The molecule has 7 nitrogen and oxygen atoms in total. The first-order chi connectivity index (χ1) is 13.5. The summed E-state index contributed by atoms with van der Waals surface area (Å²) >= 11 is 0. The molecule has 0 saturated heterocycles. The summed E-state index contributed by atoms with van der Waals surface area (Å²) in [6.07, 6.45) is 0. The van der Waals surface area contributed by atoms with Gasteiger partial charge in [0.15, 0.2) is 23.9 Å². The van der Waals surface area contributed by atoms with Crippen molar-refractivity contribution in [2.45, 2.75) is 0 Å². The van der Waals surface area contributed by atoms with Crippen LogP contribution in [0.3, 0.4) is 0 Å². The Labute approximate surface area is 160 Å². The molecule has 0 saturated carbocycles. The van der Waals surface area contributed by atoms with Crippen molar-refractivity contribution >= 4 is 22.5 Å². The lowest BCUT2D eigenvalue weighted by atomic mass is 9.95. The summed E-state index contributed by atoms with van der Waals surface area (Å²) in [5.74, 6) is -1.49. The maximum absolute atomic E-state index is 13.4. The smallest absolute Gasteiger partial charge is 0.341 e. The summed E-state index contributed by atoms with van der Waals surface area (Å²) < 4.78 is 15.6. The molecule has 0 spiro atoms. The van der Waals surface area contributed by atoms with E-state index in [-0.39, 0.29) is 34.1 Å². The van der Waals surface area contributed by atoms with Gasteiger partial charge in [0.1, 0.15) is 5.75 Å². The molecule has 0 atom stereocenters. The van der Waals surface area contributed by atoms with E-state index >= 15 is 0 Å². The Kier molecular flexibility index (Phi) is 5.35. The number of benzene rings is 3. The zero-order valence-corrected chi connectivity index (χ0v) is 15.3. The lowest BCUT2D eigenvalue weighted by Crippen LogP contribution is -2.13. The number of carbonyl (C=O) groups excluding carboxylic acids is 1. The molecule has 0 aliphatic heterocycles. The molecular weight excluding hydrogens is 364 g/mol. The Balaban J connectivity index is 2.20. The first-order valence-electron chi connectivity index (χ1n) is 8.32. The average molecular weight is 382 g/mol. The fourth-order valence-electron chi connectivity index (χ4n) is 2.91. The first-order valence-corrected chi connectivity index (χ1v) is 8.32. The van der Waals surface area contributed by atoms with Crippen LogP contribution in [0.5, 0.6) is 23.0 Å². The summed E-state index contributed by atoms with van der Waals surface area (Å²) in [4.78, 5) is 24.3. The fraction of sp³-hybridized carbons (Fsp3) is 0.143. The molecule has 0 aliphatic carbocycles. The third-order valence-electron chi connectivity index (χ3n) is 4.21. The summed E-state index contributed by atoms with van der Waals surface area (Å²) in [6, 6.07) is 13.3. The SMILES string of the molecule is COc1cc(C(=O)c2c(OCC(=O)O)ccc3ccccc23)cc(OC)c1O. The second kappa shape index (κ2) is 7.87. The molecule has 0 aliphatic rings. The monoisotopic (exact) mass is 382 g/mol. The van der Waals surface area contributed by atoms with Crippen LogP contribution in [0.4, 0.5) is 0 Å². The van der Waals surface area contributed by atoms with Crippen molar-refractivity contribution < 1.29 is 34.0 Å². The molecule has 0 fully saturated rings. The van der Waals surface area contributed by atoms with E-state index in [4.69, 9.17) is 19.3 Å². The van der Waals surface area contributed by atoms with Crippen LogP contribution in [0, 0.1) is 0 Å². The molecule has 144 valence electrons. The standard InChI is InChI=1S/C21H18O7/c1-26-16-9-13(10-17(27-2)21(16)25)20(24)19-14-6-4-3-5-12(14)7-8-15(19)28-11-18(22)23/h3-10,25H,11H2,1-2H3,(H,22,23). The van der Waals surface area contributed by atoms with Crippen LogP contribution in [-0.4, -0.2) is 42.8 Å². The highest BCUT2D eigenvalue weighted by Gasteiger charge is 2.22. The molecular formula is C21H18O7. The van der Waals surface area contributed by atoms with Crippen LogP contribution >= 0.6 is 0 Å². The van der Waals surface area contributed by atoms with E-state index < -0.39 is 18.4 Å². The third-order valence-corrected chi connectivity index (χ3v) is 4.21. The number of phenolic OH excluding ortho intramolecular Hbond substituents is 1. The van der Waals surface area contributed by atoms with Crippen LogP contribution in [0.2, 0.25) is 0 Å².